The second kappa shape index (κ2) is 4.21. The summed E-state index contributed by atoms with van der Waals surface area (Å²) in [6.07, 6.45) is 2.07. The highest BCUT2D eigenvalue weighted by atomic mass is 35.5. The van der Waals surface area contributed by atoms with Crippen molar-refractivity contribution in [3.8, 4) is 0 Å². The molecule has 0 unspecified atom stereocenters. The summed E-state index contributed by atoms with van der Waals surface area (Å²) < 4.78 is 13.3. The van der Waals surface area contributed by atoms with E-state index in [0.717, 1.165) is 12.8 Å². The Bertz CT molecular complexity index is 747. The minimum absolute atomic E-state index is 0.233. The first kappa shape index (κ1) is 13.1. The van der Waals surface area contributed by atoms with E-state index in [9.17, 15) is 14.3 Å². The van der Waals surface area contributed by atoms with E-state index in [-0.39, 0.29) is 16.6 Å². The number of benzene rings is 1. The van der Waals surface area contributed by atoms with Crippen LogP contribution in [0.1, 0.15) is 23.3 Å². The van der Waals surface area contributed by atoms with Crippen LogP contribution in [0.4, 0.5) is 4.39 Å². The molecule has 1 aliphatic heterocycles. The van der Waals surface area contributed by atoms with Crippen molar-refractivity contribution < 1.29 is 14.3 Å². The zero-order valence-electron chi connectivity index (χ0n) is 11.2. The van der Waals surface area contributed by atoms with Crippen molar-refractivity contribution >= 4 is 28.4 Å². The lowest BCUT2D eigenvalue weighted by Gasteiger charge is -2.46. The fourth-order valence-corrected chi connectivity index (χ4v) is 3.36. The number of carbonyl (C=O) groups excluding carboxylic acids is 1. The minimum atomic E-state index is -0.722. The SMILES string of the molecule is O=C(c1[nH]c2ccc(F)cc2c1Cl)N1CC(O)(C2CC2)C1. The standard InChI is InChI=1S/C15H14ClFN2O2/c16-12-10-5-9(17)3-4-11(10)18-13(12)14(20)19-6-15(21,7-19)8-1-2-8/h3-5,8,18,21H,1-2,6-7H2. The maximum atomic E-state index is 13.3. The molecule has 2 N–H and O–H groups in total. The molecule has 1 aliphatic carbocycles. The smallest absolute Gasteiger partial charge is 0.272 e. The van der Waals surface area contributed by atoms with Crippen molar-refractivity contribution in [1.82, 2.24) is 9.88 Å². The molecule has 0 atom stereocenters. The number of aromatic amines is 1. The molecule has 1 amide bonds. The third kappa shape index (κ3) is 1.95. The first-order chi connectivity index (χ1) is 9.98. The Morgan fingerprint density at radius 3 is 2.81 bits per heavy atom. The van der Waals surface area contributed by atoms with Crippen molar-refractivity contribution in [1.29, 1.82) is 0 Å². The highest BCUT2D eigenvalue weighted by Crippen LogP contribution is 2.45. The predicted molar refractivity (Wildman–Crippen MR) is 76.8 cm³/mol. The average molecular weight is 309 g/mol. The van der Waals surface area contributed by atoms with Crippen LogP contribution >= 0.6 is 11.6 Å². The van der Waals surface area contributed by atoms with Crippen LogP contribution in [0.2, 0.25) is 5.02 Å². The quantitative estimate of drug-likeness (QED) is 0.896. The normalized spacial score (nSPS) is 20.6. The van der Waals surface area contributed by atoms with E-state index in [1.165, 1.54) is 12.1 Å². The Labute approximate surface area is 125 Å². The van der Waals surface area contributed by atoms with Crippen molar-refractivity contribution in [2.75, 3.05) is 13.1 Å². The molecule has 2 aromatic rings. The largest absolute Gasteiger partial charge is 0.386 e. The van der Waals surface area contributed by atoms with E-state index in [2.05, 4.69) is 4.98 Å². The van der Waals surface area contributed by atoms with Gasteiger partial charge in [-0.15, -0.1) is 0 Å². The van der Waals surface area contributed by atoms with Crippen molar-refractivity contribution in [2.24, 2.45) is 5.92 Å². The Kier molecular flexibility index (Phi) is 2.63. The van der Waals surface area contributed by atoms with Gasteiger partial charge in [-0.25, -0.2) is 4.39 Å². The number of H-pyrrole nitrogens is 1. The van der Waals surface area contributed by atoms with Crippen molar-refractivity contribution in [2.45, 2.75) is 18.4 Å². The molecule has 1 saturated carbocycles. The van der Waals surface area contributed by atoms with E-state index in [4.69, 9.17) is 11.6 Å². The number of nitrogens with zero attached hydrogens (tertiary/aromatic N) is 1. The lowest BCUT2D eigenvalue weighted by molar-refractivity contribution is -0.0959. The summed E-state index contributed by atoms with van der Waals surface area (Å²) >= 11 is 6.19. The van der Waals surface area contributed by atoms with Gasteiger partial charge in [0.15, 0.2) is 0 Å². The molecule has 1 saturated heterocycles. The van der Waals surface area contributed by atoms with E-state index in [0.29, 0.717) is 29.9 Å². The molecule has 0 bridgehead atoms. The number of hydrogen-bond donors (Lipinski definition) is 2. The number of fused-ring (bicyclic) bond motifs is 1. The molecule has 2 fully saturated rings. The Morgan fingerprint density at radius 1 is 1.43 bits per heavy atom. The van der Waals surface area contributed by atoms with Gasteiger partial charge in [-0.2, -0.15) is 0 Å². The van der Waals surface area contributed by atoms with E-state index < -0.39 is 11.4 Å². The summed E-state index contributed by atoms with van der Waals surface area (Å²) in [6, 6.07) is 4.18. The molecule has 1 aromatic heterocycles. The van der Waals surface area contributed by atoms with Crippen LogP contribution in [0, 0.1) is 11.7 Å². The molecular weight excluding hydrogens is 295 g/mol. The van der Waals surface area contributed by atoms with Crippen LogP contribution in [-0.2, 0) is 0 Å². The highest BCUT2D eigenvalue weighted by molar-refractivity contribution is 6.38. The van der Waals surface area contributed by atoms with Crippen LogP contribution in [0.5, 0.6) is 0 Å². The number of β-amino-alcohol motifs (C(OH)–C–C–N with tert-alkyl or cyclic N) is 1. The van der Waals surface area contributed by atoms with Gasteiger partial charge in [0.1, 0.15) is 17.1 Å². The number of carbonyl (C=O) groups is 1. The summed E-state index contributed by atoms with van der Waals surface area (Å²) in [5.41, 5.74) is 0.165. The van der Waals surface area contributed by atoms with Gasteiger partial charge in [-0.3, -0.25) is 4.79 Å². The molecule has 1 aromatic carbocycles. The maximum absolute atomic E-state index is 13.3. The maximum Gasteiger partial charge on any atom is 0.272 e. The lowest BCUT2D eigenvalue weighted by atomic mass is 9.88. The van der Waals surface area contributed by atoms with Gasteiger partial charge in [0.2, 0.25) is 0 Å². The first-order valence-electron chi connectivity index (χ1n) is 6.96. The fourth-order valence-electron chi connectivity index (χ4n) is 3.07. The fraction of sp³-hybridized carbons (Fsp3) is 0.400. The zero-order chi connectivity index (χ0) is 14.8. The number of nitrogens with one attached hydrogen (secondary N) is 1. The summed E-state index contributed by atoms with van der Waals surface area (Å²) in [5, 5.41) is 11.0. The number of amides is 1. The van der Waals surface area contributed by atoms with Gasteiger partial charge in [0.05, 0.1) is 18.1 Å². The Morgan fingerprint density at radius 2 is 2.14 bits per heavy atom. The lowest BCUT2D eigenvalue weighted by Crippen LogP contribution is -2.64. The summed E-state index contributed by atoms with van der Waals surface area (Å²) in [6.45, 7) is 0.688. The number of rotatable bonds is 2. The van der Waals surface area contributed by atoms with Crippen molar-refractivity contribution in [3.05, 3.63) is 34.7 Å². The van der Waals surface area contributed by atoms with Crippen LogP contribution < -0.4 is 0 Å². The van der Waals surface area contributed by atoms with Gasteiger partial charge in [-0.1, -0.05) is 11.6 Å². The third-order valence-corrected chi connectivity index (χ3v) is 4.86. The molecule has 110 valence electrons. The summed E-state index contributed by atoms with van der Waals surface area (Å²) in [5.74, 6) is -0.315. The molecule has 4 rings (SSSR count). The topological polar surface area (TPSA) is 56.3 Å². The molecule has 2 aliphatic rings. The first-order valence-corrected chi connectivity index (χ1v) is 7.34. The number of aromatic nitrogens is 1. The second-order valence-electron chi connectivity index (χ2n) is 6.04. The molecule has 6 heteroatoms. The molecule has 4 nitrogen and oxygen atoms in total. The van der Waals surface area contributed by atoms with E-state index >= 15 is 0 Å². The number of hydrogen-bond acceptors (Lipinski definition) is 2. The predicted octanol–water partition coefficient (Wildman–Crippen LogP) is 2.56. The van der Waals surface area contributed by atoms with E-state index in [1.807, 2.05) is 0 Å². The molecule has 21 heavy (non-hydrogen) atoms. The van der Waals surface area contributed by atoms with Crippen molar-refractivity contribution in [3.63, 3.8) is 0 Å². The molecule has 0 spiro atoms. The van der Waals surface area contributed by atoms with Gasteiger partial charge >= 0.3 is 0 Å². The highest BCUT2D eigenvalue weighted by Gasteiger charge is 2.53. The number of halogens is 2. The van der Waals surface area contributed by atoms with Crippen LogP contribution in [0.25, 0.3) is 10.9 Å². The van der Waals surface area contributed by atoms with E-state index in [1.54, 1.807) is 11.0 Å². The van der Waals surface area contributed by atoms with Gasteiger partial charge in [0.25, 0.3) is 5.91 Å². The van der Waals surface area contributed by atoms with Gasteiger partial charge in [0, 0.05) is 10.9 Å². The Balaban J connectivity index is 1.62. The second-order valence-corrected chi connectivity index (χ2v) is 6.42. The molecular formula is C15H14ClFN2O2. The molecule has 2 heterocycles. The van der Waals surface area contributed by atoms with Gasteiger partial charge in [-0.05, 0) is 37.0 Å². The van der Waals surface area contributed by atoms with Crippen LogP contribution in [-0.4, -0.2) is 39.6 Å². The average Bonchev–Trinajstić information content (AvgIpc) is 3.22. The summed E-state index contributed by atoms with van der Waals surface area (Å²) in [4.78, 5) is 17.0. The van der Waals surface area contributed by atoms with Crippen LogP contribution in [0.15, 0.2) is 18.2 Å². The molecule has 0 radical (unpaired) electrons. The van der Waals surface area contributed by atoms with Crippen LogP contribution in [0.3, 0.4) is 0 Å². The monoisotopic (exact) mass is 308 g/mol. The minimum Gasteiger partial charge on any atom is -0.386 e. The van der Waals surface area contributed by atoms with Gasteiger partial charge < -0.3 is 15.0 Å². The number of likely N-dealkylation sites (tertiary alicyclic amines) is 1. The Hall–Kier alpha value is -1.59. The summed E-state index contributed by atoms with van der Waals surface area (Å²) in [7, 11) is 0. The third-order valence-electron chi connectivity index (χ3n) is 4.46. The zero-order valence-corrected chi connectivity index (χ0v) is 12.0. The number of aliphatic hydroxyl groups is 1.